The van der Waals surface area contributed by atoms with Crippen LogP contribution in [-0.4, -0.2) is 35.3 Å². The number of para-hydroxylation sites is 1. The van der Waals surface area contributed by atoms with Crippen LogP contribution in [0.15, 0.2) is 24.3 Å². The summed E-state index contributed by atoms with van der Waals surface area (Å²) in [4.78, 5) is 25.8. The summed E-state index contributed by atoms with van der Waals surface area (Å²) in [6, 6.07) is 4.69. The van der Waals surface area contributed by atoms with E-state index in [1.807, 2.05) is 6.92 Å². The standard InChI is InChI=1S/C17H24F3N3O2.ClH/c1-4-10-16(3,21)15(25)23(5-2)11-14(24)22-13-9-7-6-8-12(13)17(18,19)20;/h6-9H,4-5,10-11,21H2,1-3H3,(H,22,24);1H. The van der Waals surface area contributed by atoms with Crippen molar-refractivity contribution in [3.63, 3.8) is 0 Å². The summed E-state index contributed by atoms with van der Waals surface area (Å²) < 4.78 is 38.9. The normalized spacial score (nSPS) is 13.3. The number of carbonyl (C=O) groups is 2. The molecule has 9 heteroatoms. The number of hydrogen-bond donors (Lipinski definition) is 2. The molecule has 0 saturated heterocycles. The number of rotatable bonds is 7. The average Bonchev–Trinajstić information content (AvgIpc) is 2.51. The Bertz CT molecular complexity index is 622. The average molecular weight is 396 g/mol. The van der Waals surface area contributed by atoms with E-state index < -0.39 is 29.1 Å². The Hall–Kier alpha value is -1.80. The van der Waals surface area contributed by atoms with E-state index in [2.05, 4.69) is 5.32 Å². The van der Waals surface area contributed by atoms with Gasteiger partial charge in [-0.05, 0) is 32.4 Å². The van der Waals surface area contributed by atoms with Crippen molar-refractivity contribution in [1.29, 1.82) is 0 Å². The quantitative estimate of drug-likeness (QED) is 0.742. The molecule has 0 aromatic heterocycles. The Kier molecular flexibility index (Phi) is 9.10. The van der Waals surface area contributed by atoms with Crippen molar-refractivity contribution in [2.24, 2.45) is 5.73 Å². The maximum atomic E-state index is 13.0. The highest BCUT2D eigenvalue weighted by molar-refractivity contribution is 5.96. The van der Waals surface area contributed by atoms with E-state index in [1.165, 1.54) is 23.1 Å². The number of halogens is 4. The third-order valence-corrected chi connectivity index (χ3v) is 3.77. The minimum Gasteiger partial charge on any atom is -0.332 e. The molecular formula is C17H25ClF3N3O2. The number of carbonyl (C=O) groups excluding carboxylic acids is 2. The zero-order chi connectivity index (χ0) is 19.3. The zero-order valence-corrected chi connectivity index (χ0v) is 15.8. The van der Waals surface area contributed by atoms with Crippen molar-refractivity contribution in [2.45, 2.75) is 45.3 Å². The zero-order valence-electron chi connectivity index (χ0n) is 15.0. The van der Waals surface area contributed by atoms with Gasteiger partial charge in [0, 0.05) is 6.54 Å². The molecule has 0 aliphatic heterocycles. The Morgan fingerprint density at radius 3 is 2.27 bits per heavy atom. The van der Waals surface area contributed by atoms with E-state index in [0.717, 1.165) is 6.07 Å². The lowest BCUT2D eigenvalue weighted by Gasteiger charge is -2.30. The van der Waals surface area contributed by atoms with Crippen molar-refractivity contribution in [3.05, 3.63) is 29.8 Å². The molecule has 1 rings (SSSR count). The highest BCUT2D eigenvalue weighted by Gasteiger charge is 2.34. The lowest BCUT2D eigenvalue weighted by atomic mass is 9.95. The van der Waals surface area contributed by atoms with Crippen LogP contribution in [0.25, 0.3) is 0 Å². The topological polar surface area (TPSA) is 75.4 Å². The fourth-order valence-electron chi connectivity index (χ4n) is 2.52. The molecule has 0 aliphatic carbocycles. The number of likely N-dealkylation sites (N-methyl/N-ethyl adjacent to an activating group) is 1. The molecule has 0 spiro atoms. The van der Waals surface area contributed by atoms with E-state index in [1.54, 1.807) is 13.8 Å². The van der Waals surface area contributed by atoms with Gasteiger partial charge in [-0.15, -0.1) is 12.4 Å². The fourth-order valence-corrected chi connectivity index (χ4v) is 2.52. The first kappa shape index (κ1) is 24.2. The molecule has 0 radical (unpaired) electrons. The van der Waals surface area contributed by atoms with Crippen LogP contribution in [0.3, 0.4) is 0 Å². The summed E-state index contributed by atoms with van der Waals surface area (Å²) in [5.74, 6) is -1.12. The molecule has 2 amide bonds. The molecule has 148 valence electrons. The van der Waals surface area contributed by atoms with Gasteiger partial charge in [-0.1, -0.05) is 25.5 Å². The van der Waals surface area contributed by atoms with Crippen molar-refractivity contribution < 1.29 is 22.8 Å². The minimum absolute atomic E-state index is 0. The highest BCUT2D eigenvalue weighted by Crippen LogP contribution is 2.34. The van der Waals surface area contributed by atoms with E-state index in [-0.39, 0.29) is 31.2 Å². The molecule has 3 N–H and O–H groups in total. The van der Waals surface area contributed by atoms with Crippen LogP contribution in [0, 0.1) is 0 Å². The summed E-state index contributed by atoms with van der Waals surface area (Å²) in [5.41, 5.74) is 3.59. The maximum absolute atomic E-state index is 13.0. The van der Waals surface area contributed by atoms with Gasteiger partial charge in [-0.3, -0.25) is 9.59 Å². The summed E-state index contributed by atoms with van der Waals surface area (Å²) >= 11 is 0. The molecule has 1 aromatic carbocycles. The lowest BCUT2D eigenvalue weighted by molar-refractivity contribution is -0.139. The number of nitrogens with zero attached hydrogens (tertiary/aromatic N) is 1. The van der Waals surface area contributed by atoms with Gasteiger partial charge in [0.15, 0.2) is 0 Å². The molecule has 0 aliphatic rings. The van der Waals surface area contributed by atoms with Gasteiger partial charge in [-0.2, -0.15) is 13.2 Å². The van der Waals surface area contributed by atoms with Crippen molar-refractivity contribution in [1.82, 2.24) is 4.90 Å². The second kappa shape index (κ2) is 9.78. The van der Waals surface area contributed by atoms with Gasteiger partial charge in [0.1, 0.15) is 0 Å². The Balaban J connectivity index is 0.00000625. The van der Waals surface area contributed by atoms with Gasteiger partial charge in [0.05, 0.1) is 23.3 Å². The first-order chi connectivity index (χ1) is 11.5. The smallest absolute Gasteiger partial charge is 0.332 e. The largest absolute Gasteiger partial charge is 0.418 e. The second-order valence-electron chi connectivity index (χ2n) is 6.08. The monoisotopic (exact) mass is 395 g/mol. The van der Waals surface area contributed by atoms with E-state index in [0.29, 0.717) is 12.8 Å². The van der Waals surface area contributed by atoms with E-state index in [9.17, 15) is 22.8 Å². The van der Waals surface area contributed by atoms with Crippen LogP contribution in [0.1, 0.15) is 39.2 Å². The van der Waals surface area contributed by atoms with E-state index in [4.69, 9.17) is 5.73 Å². The summed E-state index contributed by atoms with van der Waals surface area (Å²) in [6.45, 7) is 5.01. The van der Waals surface area contributed by atoms with Crippen LogP contribution in [0.2, 0.25) is 0 Å². The molecule has 1 aromatic rings. The van der Waals surface area contributed by atoms with Gasteiger partial charge >= 0.3 is 6.18 Å². The first-order valence-electron chi connectivity index (χ1n) is 8.07. The van der Waals surface area contributed by atoms with Crippen molar-refractivity contribution in [3.8, 4) is 0 Å². The lowest BCUT2D eigenvalue weighted by Crippen LogP contribution is -2.54. The fraction of sp³-hybridized carbons (Fsp3) is 0.529. The molecule has 0 heterocycles. The second-order valence-corrected chi connectivity index (χ2v) is 6.08. The number of anilines is 1. The predicted molar refractivity (Wildman–Crippen MR) is 97.1 cm³/mol. The highest BCUT2D eigenvalue weighted by atomic mass is 35.5. The number of benzene rings is 1. The number of hydrogen-bond acceptors (Lipinski definition) is 3. The van der Waals surface area contributed by atoms with Gasteiger partial charge in [-0.25, -0.2) is 0 Å². The number of alkyl halides is 3. The summed E-state index contributed by atoms with van der Waals surface area (Å²) in [7, 11) is 0. The summed E-state index contributed by atoms with van der Waals surface area (Å²) in [5, 5.41) is 2.23. The van der Waals surface area contributed by atoms with E-state index >= 15 is 0 Å². The molecule has 0 saturated carbocycles. The Morgan fingerprint density at radius 1 is 1.19 bits per heavy atom. The number of nitrogens with two attached hydrogens (primary N) is 1. The van der Waals surface area contributed by atoms with Gasteiger partial charge in [0.2, 0.25) is 11.8 Å². The minimum atomic E-state index is -4.58. The van der Waals surface area contributed by atoms with Crippen LogP contribution in [-0.2, 0) is 15.8 Å². The number of amides is 2. The van der Waals surface area contributed by atoms with Crippen LogP contribution < -0.4 is 11.1 Å². The first-order valence-corrected chi connectivity index (χ1v) is 8.07. The van der Waals surface area contributed by atoms with Crippen LogP contribution >= 0.6 is 12.4 Å². The summed E-state index contributed by atoms with van der Waals surface area (Å²) in [6.07, 6.45) is -3.44. The third kappa shape index (κ3) is 6.49. The Labute approximate surface area is 157 Å². The predicted octanol–water partition coefficient (Wildman–Crippen LogP) is 3.43. The maximum Gasteiger partial charge on any atom is 0.418 e. The molecule has 0 bridgehead atoms. The van der Waals surface area contributed by atoms with Gasteiger partial charge < -0.3 is 16.0 Å². The molecule has 0 fully saturated rings. The number of nitrogens with one attached hydrogen (secondary N) is 1. The molecule has 5 nitrogen and oxygen atoms in total. The molecule has 1 atom stereocenters. The Morgan fingerprint density at radius 2 is 1.77 bits per heavy atom. The molecular weight excluding hydrogens is 371 g/mol. The van der Waals surface area contributed by atoms with Gasteiger partial charge in [0.25, 0.3) is 0 Å². The molecule has 1 unspecified atom stereocenters. The van der Waals surface area contributed by atoms with Crippen LogP contribution in [0.4, 0.5) is 18.9 Å². The third-order valence-electron chi connectivity index (χ3n) is 3.77. The SMILES string of the molecule is CCCC(C)(N)C(=O)N(CC)CC(=O)Nc1ccccc1C(F)(F)F.Cl. The van der Waals surface area contributed by atoms with Crippen molar-refractivity contribution >= 4 is 29.9 Å². The van der Waals surface area contributed by atoms with Crippen molar-refractivity contribution in [2.75, 3.05) is 18.4 Å². The van der Waals surface area contributed by atoms with Crippen LogP contribution in [0.5, 0.6) is 0 Å². The molecule has 26 heavy (non-hydrogen) atoms.